The summed E-state index contributed by atoms with van der Waals surface area (Å²) in [5.74, 6) is -1.85. The first-order valence-corrected chi connectivity index (χ1v) is 11.0. The first kappa shape index (κ1) is 25.3. The molecule has 0 bridgehead atoms. The lowest BCUT2D eigenvalue weighted by atomic mass is 10.1. The van der Waals surface area contributed by atoms with Crippen molar-refractivity contribution in [2.75, 3.05) is 12.0 Å². The van der Waals surface area contributed by atoms with E-state index in [0.29, 0.717) is 16.0 Å². The van der Waals surface area contributed by atoms with Gasteiger partial charge in [0.1, 0.15) is 18.0 Å². The highest BCUT2D eigenvalue weighted by Gasteiger charge is 2.37. The third-order valence-electron chi connectivity index (χ3n) is 5.28. The van der Waals surface area contributed by atoms with Crippen molar-refractivity contribution in [1.29, 1.82) is 0 Å². The fourth-order valence-corrected chi connectivity index (χ4v) is 3.76. The number of anilines is 1. The zero-order valence-electron chi connectivity index (χ0n) is 19.1. The molecule has 0 spiro atoms. The van der Waals surface area contributed by atoms with Crippen LogP contribution in [0.2, 0.25) is 5.02 Å². The van der Waals surface area contributed by atoms with Crippen molar-refractivity contribution < 1.29 is 33.2 Å². The van der Waals surface area contributed by atoms with Crippen molar-refractivity contribution in [1.82, 2.24) is 5.32 Å². The largest absolute Gasteiger partial charge is 0.493 e. The second-order valence-corrected chi connectivity index (χ2v) is 8.09. The number of barbiturate groups is 1. The molecule has 1 aliphatic heterocycles. The van der Waals surface area contributed by atoms with E-state index >= 15 is 0 Å². The quantitative estimate of drug-likeness (QED) is 0.206. The fraction of sp³-hybridized carbons (Fsp3) is 0.0800. The number of carbonyl (C=O) groups is 3. The Bertz CT molecular complexity index is 1440. The highest BCUT2D eigenvalue weighted by atomic mass is 35.5. The first-order chi connectivity index (χ1) is 17.7. The number of nitrogens with zero attached hydrogens (tertiary/aromatic N) is 2. The number of rotatable bonds is 7. The average molecular weight is 526 g/mol. The fourth-order valence-electron chi connectivity index (χ4n) is 3.48. The van der Waals surface area contributed by atoms with Crippen molar-refractivity contribution in [3.63, 3.8) is 0 Å². The van der Waals surface area contributed by atoms with Gasteiger partial charge >= 0.3 is 6.03 Å². The van der Waals surface area contributed by atoms with E-state index in [1.807, 2.05) is 0 Å². The number of hydrogen-bond donors (Lipinski definition) is 1. The molecular formula is C25H17ClFN3O7. The van der Waals surface area contributed by atoms with Gasteiger partial charge in [-0.1, -0.05) is 23.7 Å². The van der Waals surface area contributed by atoms with Crippen molar-refractivity contribution in [3.8, 4) is 11.5 Å². The number of nitro groups is 1. The molecule has 0 radical (unpaired) electrons. The monoisotopic (exact) mass is 525 g/mol. The standard InChI is InChI=1S/C25H17ClFN3O7/c1-36-21-12-15(11-20(26)22(21)37-13-14-2-4-16(27)5-3-14)10-19-23(31)28-25(33)29(24(19)32)17-6-8-18(9-7-17)30(34)35/h2-12H,13H2,1H3,(H,28,31,33)/b19-10+. The highest BCUT2D eigenvalue weighted by molar-refractivity contribution is 6.39. The van der Waals surface area contributed by atoms with Crippen LogP contribution in [-0.4, -0.2) is 29.9 Å². The van der Waals surface area contributed by atoms with Gasteiger partial charge < -0.3 is 9.47 Å². The molecule has 10 nitrogen and oxygen atoms in total. The SMILES string of the molecule is COc1cc(/C=C2\C(=O)NC(=O)N(c3ccc([N+](=O)[O-])cc3)C2=O)cc(Cl)c1OCc1ccc(F)cc1. The molecule has 1 heterocycles. The predicted octanol–water partition coefficient (Wildman–Crippen LogP) is 4.64. The molecule has 37 heavy (non-hydrogen) atoms. The van der Waals surface area contributed by atoms with Gasteiger partial charge in [0.05, 0.1) is 22.7 Å². The zero-order chi connectivity index (χ0) is 26.7. The molecule has 188 valence electrons. The van der Waals surface area contributed by atoms with E-state index in [1.54, 1.807) is 12.1 Å². The van der Waals surface area contributed by atoms with Gasteiger partial charge in [-0.3, -0.25) is 25.0 Å². The van der Waals surface area contributed by atoms with E-state index in [4.69, 9.17) is 21.1 Å². The van der Waals surface area contributed by atoms with Crippen molar-refractivity contribution in [2.45, 2.75) is 6.61 Å². The number of ether oxygens (including phenoxy) is 2. The number of imide groups is 2. The summed E-state index contributed by atoms with van der Waals surface area (Å²) in [4.78, 5) is 48.9. The number of nitro benzene ring substituents is 1. The molecule has 3 aromatic carbocycles. The van der Waals surface area contributed by atoms with Crippen LogP contribution in [0.5, 0.6) is 11.5 Å². The summed E-state index contributed by atoms with van der Waals surface area (Å²) in [5, 5.41) is 13.1. The molecule has 0 aromatic heterocycles. The van der Waals surface area contributed by atoms with E-state index in [0.717, 1.165) is 12.1 Å². The number of non-ortho nitro benzene ring substituents is 1. The number of halogens is 2. The lowest BCUT2D eigenvalue weighted by Gasteiger charge is -2.26. The molecule has 0 unspecified atom stereocenters. The van der Waals surface area contributed by atoms with Crippen LogP contribution in [0.15, 0.2) is 66.2 Å². The van der Waals surface area contributed by atoms with Gasteiger partial charge in [-0.2, -0.15) is 0 Å². The molecular weight excluding hydrogens is 509 g/mol. The number of urea groups is 1. The third kappa shape index (κ3) is 5.41. The molecule has 0 atom stereocenters. The van der Waals surface area contributed by atoms with Crippen molar-refractivity contribution in [3.05, 3.63) is 98.3 Å². The van der Waals surface area contributed by atoms with Gasteiger partial charge in [0, 0.05) is 12.1 Å². The summed E-state index contributed by atoms with van der Waals surface area (Å²) >= 11 is 6.38. The van der Waals surface area contributed by atoms with Crippen LogP contribution in [0.25, 0.3) is 6.08 Å². The Morgan fingerprint density at radius 2 is 1.76 bits per heavy atom. The number of carbonyl (C=O) groups excluding carboxylic acids is 3. The maximum atomic E-state index is 13.1. The van der Waals surface area contributed by atoms with E-state index in [1.165, 1.54) is 49.6 Å². The van der Waals surface area contributed by atoms with E-state index < -0.39 is 22.8 Å². The maximum absolute atomic E-state index is 13.1. The number of methoxy groups -OCH3 is 1. The number of nitrogens with one attached hydrogen (secondary N) is 1. The molecule has 4 rings (SSSR count). The number of amides is 4. The van der Waals surface area contributed by atoms with Crippen LogP contribution in [0, 0.1) is 15.9 Å². The molecule has 1 aliphatic rings. The summed E-state index contributed by atoms with van der Waals surface area (Å²) in [7, 11) is 1.38. The summed E-state index contributed by atoms with van der Waals surface area (Å²) in [6.45, 7) is 0.0734. The Kier molecular flexibility index (Phi) is 7.16. The Labute approximate surface area is 214 Å². The Morgan fingerprint density at radius 3 is 2.38 bits per heavy atom. The molecule has 0 aliphatic carbocycles. The summed E-state index contributed by atoms with van der Waals surface area (Å²) in [5.41, 5.74) is 0.408. The van der Waals surface area contributed by atoms with Gasteiger partial charge in [0.25, 0.3) is 17.5 Å². The van der Waals surface area contributed by atoms with Gasteiger partial charge in [-0.15, -0.1) is 0 Å². The molecule has 1 fully saturated rings. The molecule has 3 aromatic rings. The smallest absolute Gasteiger partial charge is 0.335 e. The van der Waals surface area contributed by atoms with Crippen LogP contribution < -0.4 is 19.7 Å². The molecule has 1 N–H and O–H groups in total. The zero-order valence-corrected chi connectivity index (χ0v) is 19.8. The molecule has 12 heteroatoms. The van der Waals surface area contributed by atoms with Crippen LogP contribution in [0.4, 0.5) is 20.6 Å². The van der Waals surface area contributed by atoms with Gasteiger partial charge in [-0.05, 0) is 53.6 Å². The number of benzene rings is 3. The minimum absolute atomic E-state index is 0.0339. The van der Waals surface area contributed by atoms with E-state index in [2.05, 4.69) is 5.32 Å². The summed E-state index contributed by atoms with van der Waals surface area (Å²) < 4.78 is 24.2. The summed E-state index contributed by atoms with van der Waals surface area (Å²) in [6, 6.07) is 12.3. The second-order valence-electron chi connectivity index (χ2n) is 7.68. The third-order valence-corrected chi connectivity index (χ3v) is 5.56. The first-order valence-electron chi connectivity index (χ1n) is 10.6. The Morgan fingerprint density at radius 1 is 1.08 bits per heavy atom. The van der Waals surface area contributed by atoms with Crippen molar-refractivity contribution in [2.24, 2.45) is 0 Å². The normalized spacial score (nSPS) is 14.5. The van der Waals surface area contributed by atoms with Gasteiger partial charge in [0.15, 0.2) is 11.5 Å². The highest BCUT2D eigenvalue weighted by Crippen LogP contribution is 2.38. The predicted molar refractivity (Wildman–Crippen MR) is 131 cm³/mol. The summed E-state index contributed by atoms with van der Waals surface area (Å²) in [6.07, 6.45) is 1.22. The Hall–Kier alpha value is -4.77. The van der Waals surface area contributed by atoms with Crippen LogP contribution in [-0.2, 0) is 16.2 Å². The molecule has 4 amide bonds. The molecule has 1 saturated heterocycles. The van der Waals surface area contributed by atoms with Crippen molar-refractivity contribution >= 4 is 46.9 Å². The topological polar surface area (TPSA) is 128 Å². The lowest BCUT2D eigenvalue weighted by molar-refractivity contribution is -0.384. The minimum Gasteiger partial charge on any atom is -0.493 e. The molecule has 0 saturated carbocycles. The van der Waals surface area contributed by atoms with Gasteiger partial charge in [-0.25, -0.2) is 14.1 Å². The van der Waals surface area contributed by atoms with Gasteiger partial charge in [0.2, 0.25) is 0 Å². The van der Waals surface area contributed by atoms with E-state index in [9.17, 15) is 28.9 Å². The average Bonchev–Trinajstić information content (AvgIpc) is 2.86. The van der Waals surface area contributed by atoms with E-state index in [-0.39, 0.29) is 45.9 Å². The maximum Gasteiger partial charge on any atom is 0.335 e. The second kappa shape index (κ2) is 10.5. The van der Waals surface area contributed by atoms with Crippen LogP contribution in [0.1, 0.15) is 11.1 Å². The Balaban J connectivity index is 1.62. The number of hydrogen-bond acceptors (Lipinski definition) is 7. The minimum atomic E-state index is -0.999. The lowest BCUT2D eigenvalue weighted by Crippen LogP contribution is -2.54. The van der Waals surface area contributed by atoms with Crippen LogP contribution in [0.3, 0.4) is 0 Å². The van der Waals surface area contributed by atoms with Crippen LogP contribution >= 0.6 is 11.6 Å².